The van der Waals surface area contributed by atoms with Crippen LogP contribution in [-0.4, -0.2) is 23.5 Å². The van der Waals surface area contributed by atoms with Gasteiger partial charge in [0.05, 0.1) is 17.1 Å². The average molecular weight is 399 g/mol. The van der Waals surface area contributed by atoms with E-state index in [1.807, 2.05) is 0 Å². The molecule has 0 radical (unpaired) electrons. The zero-order valence-electron chi connectivity index (χ0n) is 14.4. The van der Waals surface area contributed by atoms with E-state index >= 15 is 0 Å². The highest BCUT2D eigenvalue weighted by Crippen LogP contribution is 2.29. The van der Waals surface area contributed by atoms with Crippen molar-refractivity contribution in [3.05, 3.63) is 64.7 Å². The van der Waals surface area contributed by atoms with E-state index in [9.17, 15) is 18.8 Å². The normalized spacial score (nSPS) is 16.4. The number of carbonyl (C=O) groups excluding carboxylic acids is 1. The number of fused-ring (bicyclic) bond motifs is 1. The fraction of sp³-hybridized carbons (Fsp3) is 0.150. The quantitative estimate of drug-likeness (QED) is 0.716. The topological polar surface area (TPSA) is 69.0 Å². The van der Waals surface area contributed by atoms with Crippen LogP contribution in [0.4, 0.5) is 20.3 Å². The summed E-state index contributed by atoms with van der Waals surface area (Å²) in [5.41, 5.74) is 0.557. The summed E-state index contributed by atoms with van der Waals surface area (Å²) in [4.78, 5) is 18.2. The Morgan fingerprint density at radius 3 is 2.68 bits per heavy atom. The predicted octanol–water partition coefficient (Wildman–Crippen LogP) is 4.26. The molecule has 2 heterocycles. The predicted molar refractivity (Wildman–Crippen MR) is 102 cm³/mol. The van der Waals surface area contributed by atoms with Gasteiger partial charge in [-0.05, 0) is 42.8 Å². The van der Waals surface area contributed by atoms with Crippen molar-refractivity contribution in [1.29, 1.82) is 5.26 Å². The second kappa shape index (κ2) is 7.06. The standard InChI is InChI=1S/C20H13ClF2N4O/c21-12-4-5-16-13(9-12)11(10-24)8-18(25-16)26-17-6-7-27(20(17)28)19-14(22)2-1-3-15(19)23/h1-5,8-9,17H,6-7H2,(H,25,26). The molecule has 8 heteroatoms. The van der Waals surface area contributed by atoms with Gasteiger partial charge in [0.15, 0.2) is 0 Å². The molecule has 140 valence electrons. The maximum Gasteiger partial charge on any atom is 0.249 e. The van der Waals surface area contributed by atoms with Crippen LogP contribution in [0.3, 0.4) is 0 Å². The van der Waals surface area contributed by atoms with Crippen LogP contribution in [0.5, 0.6) is 0 Å². The third-order valence-electron chi connectivity index (χ3n) is 4.63. The number of hydrogen-bond acceptors (Lipinski definition) is 4. The lowest BCUT2D eigenvalue weighted by Crippen LogP contribution is -2.34. The molecule has 1 aromatic heterocycles. The summed E-state index contributed by atoms with van der Waals surface area (Å²) in [6.45, 7) is 0.169. The number of anilines is 2. The summed E-state index contributed by atoms with van der Waals surface area (Å²) in [5, 5.41) is 13.5. The van der Waals surface area contributed by atoms with Gasteiger partial charge in [-0.25, -0.2) is 13.8 Å². The van der Waals surface area contributed by atoms with Gasteiger partial charge in [0.1, 0.15) is 29.2 Å². The molecule has 1 aliphatic rings. The molecule has 0 aliphatic carbocycles. The molecular formula is C20H13ClF2N4O. The zero-order valence-corrected chi connectivity index (χ0v) is 15.2. The van der Waals surface area contributed by atoms with Gasteiger partial charge in [0, 0.05) is 17.0 Å². The van der Waals surface area contributed by atoms with Crippen LogP contribution in [0, 0.1) is 23.0 Å². The van der Waals surface area contributed by atoms with Crippen LogP contribution in [0.25, 0.3) is 10.9 Å². The molecule has 1 amide bonds. The smallest absolute Gasteiger partial charge is 0.249 e. The van der Waals surface area contributed by atoms with E-state index in [1.54, 1.807) is 18.2 Å². The van der Waals surface area contributed by atoms with Gasteiger partial charge in [-0.2, -0.15) is 5.26 Å². The first-order valence-corrected chi connectivity index (χ1v) is 8.88. The lowest BCUT2D eigenvalue weighted by molar-refractivity contribution is -0.117. The largest absolute Gasteiger partial charge is 0.358 e. The first-order valence-electron chi connectivity index (χ1n) is 8.50. The average Bonchev–Trinajstić information content (AvgIpc) is 3.02. The summed E-state index contributed by atoms with van der Waals surface area (Å²) in [6, 6.07) is 11.4. The summed E-state index contributed by atoms with van der Waals surface area (Å²) >= 11 is 5.98. The number of rotatable bonds is 3. The SMILES string of the molecule is N#Cc1cc(NC2CCN(c3c(F)cccc3F)C2=O)nc2ccc(Cl)cc12. The number of hydrogen-bond donors (Lipinski definition) is 1. The van der Waals surface area contributed by atoms with Crippen molar-refractivity contribution in [2.45, 2.75) is 12.5 Å². The Morgan fingerprint density at radius 2 is 1.96 bits per heavy atom. The van der Waals surface area contributed by atoms with Gasteiger partial charge in [-0.1, -0.05) is 17.7 Å². The number of benzene rings is 2. The summed E-state index contributed by atoms with van der Waals surface area (Å²) in [7, 11) is 0. The highest BCUT2D eigenvalue weighted by molar-refractivity contribution is 6.31. The molecule has 1 saturated heterocycles. The molecule has 0 spiro atoms. The molecule has 4 rings (SSSR count). The maximum atomic E-state index is 14.0. The molecular weight excluding hydrogens is 386 g/mol. The lowest BCUT2D eigenvalue weighted by Gasteiger charge is -2.19. The van der Waals surface area contributed by atoms with Gasteiger partial charge in [0.2, 0.25) is 5.91 Å². The molecule has 0 saturated carbocycles. The first-order chi connectivity index (χ1) is 13.5. The van der Waals surface area contributed by atoms with E-state index in [2.05, 4.69) is 16.4 Å². The molecule has 2 aromatic carbocycles. The number of para-hydroxylation sites is 1. The van der Waals surface area contributed by atoms with Crippen LogP contribution >= 0.6 is 11.6 Å². The van der Waals surface area contributed by atoms with Crippen LogP contribution in [-0.2, 0) is 4.79 Å². The van der Waals surface area contributed by atoms with Gasteiger partial charge >= 0.3 is 0 Å². The summed E-state index contributed by atoms with van der Waals surface area (Å²) < 4.78 is 28.0. The minimum Gasteiger partial charge on any atom is -0.358 e. The van der Waals surface area contributed by atoms with Gasteiger partial charge in [0.25, 0.3) is 0 Å². The van der Waals surface area contributed by atoms with E-state index in [1.165, 1.54) is 12.1 Å². The van der Waals surface area contributed by atoms with Crippen molar-refractivity contribution in [2.75, 3.05) is 16.8 Å². The van der Waals surface area contributed by atoms with Crippen LogP contribution in [0.2, 0.25) is 5.02 Å². The molecule has 3 aromatic rings. The van der Waals surface area contributed by atoms with E-state index in [0.29, 0.717) is 33.7 Å². The number of aromatic nitrogens is 1. The maximum absolute atomic E-state index is 14.0. The summed E-state index contributed by atoms with van der Waals surface area (Å²) in [5.74, 6) is -1.70. The van der Waals surface area contributed by atoms with Crippen LogP contribution in [0.1, 0.15) is 12.0 Å². The monoisotopic (exact) mass is 398 g/mol. The highest BCUT2D eigenvalue weighted by Gasteiger charge is 2.35. The number of carbonyl (C=O) groups is 1. The van der Waals surface area contributed by atoms with Gasteiger partial charge in [-0.15, -0.1) is 0 Å². The Bertz CT molecular complexity index is 1120. The van der Waals surface area contributed by atoms with Crippen molar-refractivity contribution < 1.29 is 13.6 Å². The van der Waals surface area contributed by atoms with Crippen molar-refractivity contribution >= 4 is 39.9 Å². The number of amides is 1. The number of nitriles is 1. The Kier molecular flexibility index (Phi) is 4.57. The van der Waals surface area contributed by atoms with Gasteiger partial charge in [-0.3, -0.25) is 4.79 Å². The summed E-state index contributed by atoms with van der Waals surface area (Å²) in [6.07, 6.45) is 0.342. The van der Waals surface area contributed by atoms with E-state index < -0.39 is 23.6 Å². The number of pyridine rings is 1. The van der Waals surface area contributed by atoms with E-state index in [-0.39, 0.29) is 12.2 Å². The molecule has 1 atom stereocenters. The molecule has 5 nitrogen and oxygen atoms in total. The van der Waals surface area contributed by atoms with Crippen molar-refractivity contribution in [1.82, 2.24) is 4.98 Å². The highest BCUT2D eigenvalue weighted by atomic mass is 35.5. The minimum atomic E-state index is -0.790. The second-order valence-electron chi connectivity index (χ2n) is 6.37. The van der Waals surface area contributed by atoms with Crippen molar-refractivity contribution in [2.24, 2.45) is 0 Å². The van der Waals surface area contributed by atoms with Crippen molar-refractivity contribution in [3.8, 4) is 6.07 Å². The van der Waals surface area contributed by atoms with Gasteiger partial charge < -0.3 is 10.2 Å². The van der Waals surface area contributed by atoms with E-state index in [0.717, 1.165) is 17.0 Å². The fourth-order valence-corrected chi connectivity index (χ4v) is 3.50. The Labute approximate surface area is 164 Å². The first kappa shape index (κ1) is 18.1. The Hall–Kier alpha value is -3.24. The molecule has 1 N–H and O–H groups in total. The third-order valence-corrected chi connectivity index (χ3v) is 4.86. The Morgan fingerprint density at radius 1 is 1.21 bits per heavy atom. The number of nitrogens with one attached hydrogen (secondary N) is 1. The second-order valence-corrected chi connectivity index (χ2v) is 6.81. The fourth-order valence-electron chi connectivity index (χ4n) is 3.33. The lowest BCUT2D eigenvalue weighted by atomic mass is 10.1. The molecule has 28 heavy (non-hydrogen) atoms. The Balaban J connectivity index is 1.63. The zero-order chi connectivity index (χ0) is 19.8. The van der Waals surface area contributed by atoms with E-state index in [4.69, 9.17) is 11.6 Å². The molecule has 1 fully saturated rings. The van der Waals surface area contributed by atoms with Crippen LogP contribution < -0.4 is 10.2 Å². The number of nitrogens with zero attached hydrogens (tertiary/aromatic N) is 3. The third kappa shape index (κ3) is 3.12. The molecule has 1 unspecified atom stereocenters. The van der Waals surface area contributed by atoms with Crippen LogP contribution in [0.15, 0.2) is 42.5 Å². The number of halogens is 3. The molecule has 1 aliphatic heterocycles. The van der Waals surface area contributed by atoms with Crippen molar-refractivity contribution in [3.63, 3.8) is 0 Å². The molecule has 0 bridgehead atoms. The minimum absolute atomic E-state index is 0.169.